The molecule has 2 atom stereocenters. The highest BCUT2D eigenvalue weighted by molar-refractivity contribution is 7.89. The van der Waals surface area contributed by atoms with E-state index < -0.39 is 33.8 Å². The summed E-state index contributed by atoms with van der Waals surface area (Å²) in [4.78, 5) is 27.7. The number of sulfonamides is 1. The maximum atomic E-state index is 13.9. The number of likely N-dealkylation sites (tertiary alicyclic amines) is 1. The van der Waals surface area contributed by atoms with Crippen LogP contribution in [0.15, 0.2) is 47.4 Å². The zero-order valence-corrected chi connectivity index (χ0v) is 20.3. The van der Waals surface area contributed by atoms with Crippen LogP contribution in [0, 0.1) is 5.82 Å². The summed E-state index contributed by atoms with van der Waals surface area (Å²) in [5.41, 5.74) is 0.787. The van der Waals surface area contributed by atoms with Crippen molar-refractivity contribution in [1.29, 1.82) is 0 Å². The Bertz CT molecular complexity index is 1160. The van der Waals surface area contributed by atoms with Crippen LogP contribution in [0.1, 0.15) is 48.1 Å². The molecule has 7 nitrogen and oxygen atoms in total. The second-order valence-corrected chi connectivity index (χ2v) is 10.7. The predicted molar refractivity (Wildman–Crippen MR) is 124 cm³/mol. The Kier molecular flexibility index (Phi) is 7.76. The van der Waals surface area contributed by atoms with E-state index in [0.29, 0.717) is 31.4 Å². The van der Waals surface area contributed by atoms with Gasteiger partial charge in [0.05, 0.1) is 16.0 Å². The predicted octanol–water partition coefficient (Wildman–Crippen LogP) is 3.60. The summed E-state index contributed by atoms with van der Waals surface area (Å²) in [6.45, 7) is 2.25. The molecule has 0 aliphatic carbocycles. The van der Waals surface area contributed by atoms with Crippen molar-refractivity contribution in [3.63, 3.8) is 0 Å². The molecule has 33 heavy (non-hydrogen) atoms. The Balaban J connectivity index is 1.79. The third-order valence-corrected chi connectivity index (χ3v) is 7.86. The average Bonchev–Trinajstić information content (AvgIpc) is 3.28. The van der Waals surface area contributed by atoms with E-state index in [-0.39, 0.29) is 21.4 Å². The van der Waals surface area contributed by atoms with Crippen molar-refractivity contribution in [1.82, 2.24) is 14.5 Å². The molecular weight excluding hydrogens is 469 g/mol. The highest BCUT2D eigenvalue weighted by Crippen LogP contribution is 2.26. The molecule has 2 aromatic rings. The number of nitrogens with zero attached hydrogens (tertiary/aromatic N) is 2. The monoisotopic (exact) mass is 495 g/mol. The van der Waals surface area contributed by atoms with Crippen LogP contribution in [-0.4, -0.2) is 56.1 Å². The largest absolute Gasteiger partial charge is 0.348 e. The minimum Gasteiger partial charge on any atom is -0.348 e. The zero-order valence-electron chi connectivity index (χ0n) is 18.7. The fourth-order valence-corrected chi connectivity index (χ4v) is 4.93. The molecule has 0 aromatic heterocycles. The van der Waals surface area contributed by atoms with Crippen LogP contribution in [-0.2, 0) is 14.8 Å². The molecule has 1 unspecified atom stereocenters. The van der Waals surface area contributed by atoms with Crippen LogP contribution in [0.5, 0.6) is 0 Å². The lowest BCUT2D eigenvalue weighted by Crippen LogP contribution is -2.46. The lowest BCUT2D eigenvalue weighted by molar-refractivity contribution is -0.125. The molecule has 0 bridgehead atoms. The molecule has 1 fully saturated rings. The minimum absolute atomic E-state index is 0.00556. The normalized spacial score (nSPS) is 17.3. The van der Waals surface area contributed by atoms with E-state index in [1.807, 2.05) is 6.92 Å². The van der Waals surface area contributed by atoms with Crippen LogP contribution in [0.4, 0.5) is 4.39 Å². The average molecular weight is 496 g/mol. The topological polar surface area (TPSA) is 86.8 Å². The summed E-state index contributed by atoms with van der Waals surface area (Å²) in [5.74, 6) is -1.30. The fraction of sp³-hybridized carbons (Fsp3) is 0.391. The Hall–Kier alpha value is -2.49. The molecule has 0 spiro atoms. The third kappa shape index (κ3) is 5.37. The number of carbonyl (C=O) groups is 2. The molecule has 1 aliphatic heterocycles. The number of nitrogens with one attached hydrogen (secondary N) is 1. The first-order valence-electron chi connectivity index (χ1n) is 10.6. The van der Waals surface area contributed by atoms with Gasteiger partial charge >= 0.3 is 0 Å². The van der Waals surface area contributed by atoms with Crippen molar-refractivity contribution in [3.8, 4) is 0 Å². The molecule has 1 saturated heterocycles. The SMILES string of the molecule is CCC(NC(=O)[C@H]1CCCN1C(=O)c1cccc(S(=O)(=O)N(C)C)c1)c1ccc(Cl)c(F)c1. The van der Waals surface area contributed by atoms with Crippen LogP contribution in [0.25, 0.3) is 0 Å². The van der Waals surface area contributed by atoms with E-state index in [1.165, 1.54) is 55.4 Å². The first-order chi connectivity index (χ1) is 15.6. The first-order valence-corrected chi connectivity index (χ1v) is 12.5. The van der Waals surface area contributed by atoms with Crippen molar-refractivity contribution in [2.75, 3.05) is 20.6 Å². The number of hydrogen-bond donors (Lipinski definition) is 1. The zero-order chi connectivity index (χ0) is 24.3. The van der Waals surface area contributed by atoms with Crippen LogP contribution < -0.4 is 5.32 Å². The van der Waals surface area contributed by atoms with Gasteiger partial charge in [0.2, 0.25) is 15.9 Å². The Morgan fingerprint density at radius 1 is 1.24 bits per heavy atom. The molecule has 0 radical (unpaired) electrons. The number of benzene rings is 2. The third-order valence-electron chi connectivity index (χ3n) is 5.75. The molecule has 2 amide bonds. The standard InChI is InChI=1S/C23H27ClFN3O4S/c1-4-20(15-10-11-18(24)19(25)14-15)26-22(29)21-9-6-12-28(21)23(30)16-7-5-8-17(13-16)33(31,32)27(2)3/h5,7-8,10-11,13-14,20-21H,4,6,9,12H2,1-3H3,(H,26,29)/t20?,21-/m1/s1. The summed E-state index contributed by atoms with van der Waals surface area (Å²) in [5, 5.41) is 2.92. The van der Waals surface area contributed by atoms with Gasteiger partial charge in [-0.05, 0) is 55.2 Å². The Morgan fingerprint density at radius 3 is 2.61 bits per heavy atom. The van der Waals surface area contributed by atoms with Crippen molar-refractivity contribution in [2.45, 2.75) is 43.2 Å². The second kappa shape index (κ2) is 10.2. The van der Waals surface area contributed by atoms with E-state index in [1.54, 1.807) is 6.07 Å². The quantitative estimate of drug-likeness (QED) is 0.635. The van der Waals surface area contributed by atoms with Gasteiger partial charge < -0.3 is 10.2 Å². The van der Waals surface area contributed by atoms with Gasteiger partial charge in [0, 0.05) is 26.2 Å². The maximum absolute atomic E-state index is 13.9. The van der Waals surface area contributed by atoms with Crippen molar-refractivity contribution < 1.29 is 22.4 Å². The summed E-state index contributed by atoms with van der Waals surface area (Å²) >= 11 is 5.76. The van der Waals surface area contributed by atoms with Gasteiger partial charge in [0.15, 0.2) is 0 Å². The van der Waals surface area contributed by atoms with Crippen LogP contribution in [0.2, 0.25) is 5.02 Å². The highest BCUT2D eigenvalue weighted by atomic mass is 35.5. The molecule has 3 rings (SSSR count). The number of carbonyl (C=O) groups excluding carboxylic acids is 2. The molecule has 10 heteroatoms. The van der Waals surface area contributed by atoms with E-state index in [9.17, 15) is 22.4 Å². The maximum Gasteiger partial charge on any atom is 0.254 e. The highest BCUT2D eigenvalue weighted by Gasteiger charge is 2.35. The number of amides is 2. The Labute approximate surface area is 198 Å². The molecule has 1 heterocycles. The summed E-state index contributed by atoms with van der Waals surface area (Å²) in [6.07, 6.45) is 1.66. The van der Waals surface area contributed by atoms with E-state index >= 15 is 0 Å². The van der Waals surface area contributed by atoms with E-state index in [2.05, 4.69) is 5.32 Å². The Morgan fingerprint density at radius 2 is 1.97 bits per heavy atom. The molecule has 2 aromatic carbocycles. The summed E-state index contributed by atoms with van der Waals surface area (Å²) in [6, 6.07) is 9.08. The van der Waals surface area contributed by atoms with Gasteiger partial charge in [-0.2, -0.15) is 0 Å². The smallest absolute Gasteiger partial charge is 0.254 e. The molecule has 0 saturated carbocycles. The van der Waals surface area contributed by atoms with Gasteiger partial charge in [-0.15, -0.1) is 0 Å². The minimum atomic E-state index is -3.70. The summed E-state index contributed by atoms with van der Waals surface area (Å²) in [7, 11) is -0.864. The number of halogens is 2. The van der Waals surface area contributed by atoms with Gasteiger partial charge in [0.1, 0.15) is 11.9 Å². The van der Waals surface area contributed by atoms with Crippen LogP contribution in [0.3, 0.4) is 0 Å². The van der Waals surface area contributed by atoms with Crippen molar-refractivity contribution in [3.05, 3.63) is 64.4 Å². The van der Waals surface area contributed by atoms with E-state index in [0.717, 1.165) is 4.31 Å². The molecule has 178 valence electrons. The second-order valence-electron chi connectivity index (χ2n) is 8.11. The van der Waals surface area contributed by atoms with Crippen LogP contribution >= 0.6 is 11.6 Å². The molecule has 1 N–H and O–H groups in total. The lowest BCUT2D eigenvalue weighted by atomic mass is 10.0. The van der Waals surface area contributed by atoms with Gasteiger partial charge in [-0.25, -0.2) is 17.1 Å². The fourth-order valence-electron chi connectivity index (χ4n) is 3.87. The van der Waals surface area contributed by atoms with Gasteiger partial charge in [0.25, 0.3) is 5.91 Å². The van der Waals surface area contributed by atoms with E-state index in [4.69, 9.17) is 11.6 Å². The van der Waals surface area contributed by atoms with Crippen molar-refractivity contribution >= 4 is 33.4 Å². The van der Waals surface area contributed by atoms with Gasteiger partial charge in [-0.3, -0.25) is 9.59 Å². The lowest BCUT2D eigenvalue weighted by Gasteiger charge is -2.27. The summed E-state index contributed by atoms with van der Waals surface area (Å²) < 4.78 is 39.8. The number of hydrogen-bond acceptors (Lipinski definition) is 4. The molecule has 1 aliphatic rings. The molecular formula is C23H27ClFN3O4S. The van der Waals surface area contributed by atoms with Gasteiger partial charge in [-0.1, -0.05) is 30.7 Å². The first kappa shape index (κ1) is 25.1. The van der Waals surface area contributed by atoms with Crippen molar-refractivity contribution in [2.24, 2.45) is 0 Å². The number of rotatable bonds is 7.